The van der Waals surface area contributed by atoms with Gasteiger partial charge >= 0.3 is 0 Å². The second kappa shape index (κ2) is 6.88. The van der Waals surface area contributed by atoms with E-state index in [0.717, 1.165) is 19.1 Å². The third kappa shape index (κ3) is 3.94. The van der Waals surface area contributed by atoms with Crippen LogP contribution in [0.5, 0.6) is 0 Å². The molecule has 0 saturated carbocycles. The minimum atomic E-state index is 0.431. The molecule has 2 saturated heterocycles. The van der Waals surface area contributed by atoms with Crippen molar-refractivity contribution in [3.63, 3.8) is 0 Å². The maximum absolute atomic E-state index is 5.61. The largest absolute Gasteiger partial charge is 0.378 e. The van der Waals surface area contributed by atoms with E-state index >= 15 is 0 Å². The summed E-state index contributed by atoms with van der Waals surface area (Å²) in [6.07, 6.45) is 5.55. The summed E-state index contributed by atoms with van der Waals surface area (Å²) < 4.78 is 5.61. The number of nitrogens with one attached hydrogen (secondary N) is 1. The minimum Gasteiger partial charge on any atom is -0.378 e. The number of nitrogens with zero attached hydrogens (tertiary/aromatic N) is 1. The van der Waals surface area contributed by atoms with Crippen molar-refractivity contribution >= 4 is 0 Å². The molecule has 0 aromatic carbocycles. The van der Waals surface area contributed by atoms with Gasteiger partial charge in [0.2, 0.25) is 0 Å². The van der Waals surface area contributed by atoms with Crippen molar-refractivity contribution in [2.75, 3.05) is 26.2 Å². The fourth-order valence-electron chi connectivity index (χ4n) is 3.33. The zero-order valence-corrected chi connectivity index (χ0v) is 12.3. The lowest BCUT2D eigenvalue weighted by atomic mass is 10.00. The summed E-state index contributed by atoms with van der Waals surface area (Å²) in [6, 6.07) is 1.38. The van der Waals surface area contributed by atoms with Crippen LogP contribution in [0.3, 0.4) is 0 Å². The number of rotatable bonds is 5. The van der Waals surface area contributed by atoms with Gasteiger partial charge in [-0.25, -0.2) is 0 Å². The van der Waals surface area contributed by atoms with Crippen molar-refractivity contribution < 1.29 is 4.74 Å². The Labute approximate surface area is 112 Å². The highest BCUT2D eigenvalue weighted by Crippen LogP contribution is 2.18. The molecule has 2 rings (SSSR count). The summed E-state index contributed by atoms with van der Waals surface area (Å²) in [6.45, 7) is 11.6. The molecular weight excluding hydrogens is 224 g/mol. The average molecular weight is 254 g/mol. The standard InChI is InChI=1S/C15H30N2O/c1-12(2)15(17-7-4-5-8-17)11-16-14-6-9-18-13(3)10-14/h12-16H,4-11H2,1-3H3. The van der Waals surface area contributed by atoms with Crippen LogP contribution < -0.4 is 5.32 Å². The minimum absolute atomic E-state index is 0.431. The van der Waals surface area contributed by atoms with E-state index < -0.39 is 0 Å². The van der Waals surface area contributed by atoms with Crippen LogP contribution in [0.4, 0.5) is 0 Å². The Balaban J connectivity index is 1.78. The number of hydrogen-bond acceptors (Lipinski definition) is 3. The van der Waals surface area contributed by atoms with Gasteiger partial charge in [-0.1, -0.05) is 13.8 Å². The van der Waals surface area contributed by atoms with E-state index in [9.17, 15) is 0 Å². The molecule has 0 radical (unpaired) electrons. The molecule has 0 aromatic rings. The lowest BCUT2D eigenvalue weighted by Gasteiger charge is -2.34. The molecule has 3 atom stereocenters. The first-order valence-electron chi connectivity index (χ1n) is 7.76. The van der Waals surface area contributed by atoms with Gasteiger partial charge in [0, 0.05) is 25.2 Å². The molecule has 0 bridgehead atoms. The third-order valence-corrected chi connectivity index (χ3v) is 4.48. The first kappa shape index (κ1) is 14.3. The molecule has 2 aliphatic rings. The maximum Gasteiger partial charge on any atom is 0.0561 e. The van der Waals surface area contributed by atoms with E-state index in [2.05, 4.69) is 31.0 Å². The molecule has 1 N–H and O–H groups in total. The Morgan fingerprint density at radius 1 is 1.28 bits per heavy atom. The second-order valence-corrected chi connectivity index (χ2v) is 6.37. The molecule has 0 spiro atoms. The highest BCUT2D eigenvalue weighted by atomic mass is 16.5. The normalized spacial score (nSPS) is 32.0. The monoisotopic (exact) mass is 254 g/mol. The lowest BCUT2D eigenvalue weighted by Crippen LogP contribution is -2.48. The molecular formula is C15H30N2O. The molecule has 2 fully saturated rings. The molecule has 18 heavy (non-hydrogen) atoms. The predicted octanol–water partition coefficient (Wildman–Crippen LogP) is 2.26. The molecule has 106 valence electrons. The molecule has 0 aromatic heterocycles. The van der Waals surface area contributed by atoms with Crippen molar-refractivity contribution in [3.05, 3.63) is 0 Å². The van der Waals surface area contributed by atoms with Gasteiger partial charge in [-0.3, -0.25) is 4.90 Å². The van der Waals surface area contributed by atoms with Gasteiger partial charge in [0.1, 0.15) is 0 Å². The number of likely N-dealkylation sites (tertiary alicyclic amines) is 1. The van der Waals surface area contributed by atoms with Gasteiger partial charge in [0.15, 0.2) is 0 Å². The van der Waals surface area contributed by atoms with Crippen LogP contribution in [0, 0.1) is 5.92 Å². The van der Waals surface area contributed by atoms with E-state index in [1.807, 2.05) is 0 Å². The van der Waals surface area contributed by atoms with Gasteiger partial charge in [-0.05, 0) is 51.6 Å². The predicted molar refractivity (Wildman–Crippen MR) is 75.9 cm³/mol. The van der Waals surface area contributed by atoms with Crippen LogP contribution >= 0.6 is 0 Å². The van der Waals surface area contributed by atoms with Crippen LogP contribution in [-0.4, -0.2) is 49.3 Å². The molecule has 3 unspecified atom stereocenters. The Morgan fingerprint density at radius 3 is 2.61 bits per heavy atom. The summed E-state index contributed by atoms with van der Waals surface area (Å²) in [5.74, 6) is 0.743. The fraction of sp³-hybridized carbons (Fsp3) is 1.00. The van der Waals surface area contributed by atoms with Gasteiger partial charge in [-0.15, -0.1) is 0 Å². The Kier molecular flexibility index (Phi) is 5.46. The van der Waals surface area contributed by atoms with Crippen molar-refractivity contribution in [3.8, 4) is 0 Å². The summed E-state index contributed by atoms with van der Waals surface area (Å²) in [7, 11) is 0. The van der Waals surface area contributed by atoms with E-state index in [-0.39, 0.29) is 0 Å². The van der Waals surface area contributed by atoms with Gasteiger partial charge in [-0.2, -0.15) is 0 Å². The summed E-state index contributed by atoms with van der Waals surface area (Å²) >= 11 is 0. The molecule has 0 amide bonds. The summed E-state index contributed by atoms with van der Waals surface area (Å²) in [5.41, 5.74) is 0. The van der Waals surface area contributed by atoms with Crippen LogP contribution in [0.25, 0.3) is 0 Å². The van der Waals surface area contributed by atoms with E-state index in [0.29, 0.717) is 18.2 Å². The first-order chi connectivity index (χ1) is 8.66. The van der Waals surface area contributed by atoms with Crippen molar-refractivity contribution in [1.82, 2.24) is 10.2 Å². The zero-order chi connectivity index (χ0) is 13.0. The molecule has 2 heterocycles. The quantitative estimate of drug-likeness (QED) is 0.814. The molecule has 2 aliphatic heterocycles. The van der Waals surface area contributed by atoms with Crippen molar-refractivity contribution in [2.24, 2.45) is 5.92 Å². The Bertz CT molecular complexity index is 239. The SMILES string of the molecule is CC1CC(NCC(C(C)C)N2CCCC2)CCO1. The summed E-state index contributed by atoms with van der Waals surface area (Å²) in [5, 5.41) is 3.79. The van der Waals surface area contributed by atoms with Crippen molar-refractivity contribution in [2.45, 2.75) is 64.6 Å². The Morgan fingerprint density at radius 2 is 2.00 bits per heavy atom. The molecule has 3 nitrogen and oxygen atoms in total. The van der Waals surface area contributed by atoms with Crippen LogP contribution in [0.1, 0.15) is 46.5 Å². The maximum atomic E-state index is 5.61. The van der Waals surface area contributed by atoms with Crippen LogP contribution in [0.15, 0.2) is 0 Å². The van der Waals surface area contributed by atoms with Gasteiger partial charge in [0.05, 0.1) is 6.10 Å². The molecule has 0 aliphatic carbocycles. The van der Waals surface area contributed by atoms with Crippen LogP contribution in [0.2, 0.25) is 0 Å². The topological polar surface area (TPSA) is 24.5 Å². The van der Waals surface area contributed by atoms with Crippen LogP contribution in [-0.2, 0) is 4.74 Å². The van der Waals surface area contributed by atoms with Gasteiger partial charge in [0.25, 0.3) is 0 Å². The highest BCUT2D eigenvalue weighted by molar-refractivity contribution is 4.83. The van der Waals surface area contributed by atoms with Gasteiger partial charge < -0.3 is 10.1 Å². The lowest BCUT2D eigenvalue weighted by molar-refractivity contribution is 0.0116. The second-order valence-electron chi connectivity index (χ2n) is 6.37. The smallest absolute Gasteiger partial charge is 0.0561 e. The molecule has 3 heteroatoms. The zero-order valence-electron chi connectivity index (χ0n) is 12.3. The van der Waals surface area contributed by atoms with E-state index in [1.165, 1.54) is 38.8 Å². The third-order valence-electron chi connectivity index (χ3n) is 4.48. The number of hydrogen-bond donors (Lipinski definition) is 1. The van der Waals surface area contributed by atoms with E-state index in [1.54, 1.807) is 0 Å². The Hall–Kier alpha value is -0.120. The number of ether oxygens (including phenoxy) is 1. The first-order valence-corrected chi connectivity index (χ1v) is 7.76. The summed E-state index contributed by atoms with van der Waals surface area (Å²) in [4.78, 5) is 2.68. The fourth-order valence-corrected chi connectivity index (χ4v) is 3.33. The van der Waals surface area contributed by atoms with Crippen molar-refractivity contribution in [1.29, 1.82) is 0 Å². The van der Waals surface area contributed by atoms with E-state index in [4.69, 9.17) is 4.74 Å². The average Bonchev–Trinajstić information content (AvgIpc) is 2.82. The highest BCUT2D eigenvalue weighted by Gasteiger charge is 2.26.